The van der Waals surface area contributed by atoms with Crippen molar-refractivity contribution >= 4 is 58.2 Å². The van der Waals surface area contributed by atoms with Gasteiger partial charge in [0.25, 0.3) is 0 Å². The molecule has 9 N–H and O–H groups in total. The predicted octanol–water partition coefficient (Wildman–Crippen LogP) is 10.3. The Kier molecular flexibility index (Phi) is 32.5. The van der Waals surface area contributed by atoms with Gasteiger partial charge in [-0.1, -0.05) is 81.9 Å². The Morgan fingerprint density at radius 2 is 0.769 bits per heavy atom. The number of para-hydroxylation sites is 3. The van der Waals surface area contributed by atoms with Crippen LogP contribution in [0.5, 0.6) is 17.2 Å². The molecule has 3 fully saturated rings. The minimum atomic E-state index is -4.26. The van der Waals surface area contributed by atoms with Gasteiger partial charge < -0.3 is 79.4 Å². The molecule has 32 nitrogen and oxygen atoms in total. The van der Waals surface area contributed by atoms with Gasteiger partial charge in [0, 0.05) is 6.20 Å². The van der Waals surface area contributed by atoms with Crippen molar-refractivity contribution in [3.63, 3.8) is 0 Å². The fourth-order valence-corrected chi connectivity index (χ4v) is 18.4. The Morgan fingerprint density at radius 1 is 0.496 bits per heavy atom. The number of anilines is 2. The second-order valence-electron chi connectivity index (χ2n) is 28.7. The summed E-state index contributed by atoms with van der Waals surface area (Å²) in [7, 11) is -12.7. The van der Waals surface area contributed by atoms with E-state index in [2.05, 4.69) is 21.5 Å². The molecule has 44 heteroatoms. The molecule has 3 saturated heterocycles. The number of aliphatic hydroxyl groups is 3. The Morgan fingerprint density at radius 3 is 1.04 bits per heavy atom. The number of rotatable bonds is 33. The molecule has 4 aliphatic heterocycles. The average Bonchev–Trinajstić information content (AvgIpc) is 1.61. The zero-order valence-electron chi connectivity index (χ0n) is 65.4. The summed E-state index contributed by atoms with van der Waals surface area (Å²) >= 11 is 0. The lowest BCUT2D eigenvalue weighted by atomic mass is 9.95. The molecule has 0 radical (unpaired) electrons. The maximum absolute atomic E-state index is 15.8. The van der Waals surface area contributed by atoms with Crippen LogP contribution in [0.25, 0.3) is 0 Å². The summed E-state index contributed by atoms with van der Waals surface area (Å²) in [6, 6.07) is 23.7. The molecule has 648 valence electrons. The van der Waals surface area contributed by atoms with E-state index >= 15 is 13.2 Å². The Bertz CT molecular complexity index is 4410. The van der Waals surface area contributed by atoms with Gasteiger partial charge in [-0.05, 0) is 98.7 Å². The number of carbonyl (C=O) groups excluding carboxylic acids is 3. The number of alkyl halides is 6. The number of esters is 3. The Hall–Kier alpha value is -8.72. The Labute approximate surface area is 666 Å². The van der Waals surface area contributed by atoms with E-state index in [-0.39, 0.29) is 23.1 Å². The highest BCUT2D eigenvalue weighted by molar-refractivity contribution is 7.55. The molecule has 6 heterocycles. The van der Waals surface area contributed by atoms with Gasteiger partial charge in [-0.2, -0.15) is 9.97 Å². The molecule has 0 saturated carbocycles. The number of nitrogens with two attached hydrogens (primary N) is 3. The zero-order chi connectivity index (χ0) is 87.4. The minimum Gasteiger partial charge on any atom is -0.463 e. The van der Waals surface area contributed by atoms with Crippen molar-refractivity contribution < 1.29 is 138 Å². The van der Waals surface area contributed by atoms with Crippen LogP contribution < -0.4 is 42.2 Å². The van der Waals surface area contributed by atoms with Crippen molar-refractivity contribution in [3.05, 3.63) is 160 Å². The summed E-state index contributed by atoms with van der Waals surface area (Å²) in [5, 5.41) is 32.2. The van der Waals surface area contributed by atoms with Crippen LogP contribution in [0.15, 0.2) is 142 Å². The smallest absolute Gasteiger partial charge is 0.380 e. The van der Waals surface area contributed by atoms with Crippen LogP contribution in [0.2, 0.25) is 0 Å². The molecule has 0 spiro atoms. The highest BCUT2D eigenvalue weighted by atomic mass is 31.2. The maximum Gasteiger partial charge on any atom is 0.380 e. The first-order valence-electron chi connectivity index (χ1n) is 36.3. The summed E-state index contributed by atoms with van der Waals surface area (Å²) in [6.07, 6.45) is -23.2. The molecule has 5 aromatic rings. The summed E-state index contributed by atoms with van der Waals surface area (Å²) in [6.45, 7) is 16.2. The van der Waals surface area contributed by atoms with Crippen molar-refractivity contribution in [1.82, 2.24) is 24.0 Å². The van der Waals surface area contributed by atoms with Crippen molar-refractivity contribution in [2.75, 3.05) is 50.0 Å². The number of benzene rings is 3. The first-order chi connectivity index (χ1) is 54.6. The first-order valence-corrected chi connectivity index (χ1v) is 41.5. The van der Waals surface area contributed by atoms with Crippen molar-refractivity contribution in [1.29, 1.82) is 0 Å². The van der Waals surface area contributed by atoms with Crippen LogP contribution in [0.3, 0.4) is 0 Å². The molecular weight excluding hydrogens is 1630 g/mol. The molecule has 0 aliphatic carbocycles. The fourth-order valence-electron chi connectivity index (χ4n) is 12.1. The minimum absolute atomic E-state index is 0.127. The molecule has 4 aliphatic rings. The van der Waals surface area contributed by atoms with E-state index in [1.807, 2.05) is 0 Å². The number of amidine groups is 1. The molecule has 117 heavy (non-hydrogen) atoms. The normalized spacial score (nSPS) is 26.9. The molecule has 9 rings (SSSR count). The SMILES string of the molecule is C=C1N=C(N)C(F)=CN1[C@@H]1O[C@H]([C@@H](C)O[P@](=O)(C[C@@H](C)C(=O)OC(C)C)Oc2ccccc2)[C@H](O)C1(F)CF.CC(C)OC(=O)[C@H](C)CP(=O)(Oc1ccccc1)O[C@H](C)[C@H]1O[C@@H](n2cc(F)c(N)nc2=O)C(F)(CF)[C@H]1O.CC(C)OC(=O)[C@H](C)C[P@@](=O)(Oc1ccccc1)O[C@H](C)[C@H]1O[C@@H](n2cc(F)c(N)nc2=O)C(F)(CF)[C@H]1O. The zero-order valence-corrected chi connectivity index (χ0v) is 68.1. The molecule has 3 aromatic carbocycles. The van der Waals surface area contributed by atoms with Gasteiger partial charge in [-0.15, -0.1) is 0 Å². The van der Waals surface area contributed by atoms with E-state index in [1.54, 1.807) is 96.1 Å². The number of halogens is 9. The van der Waals surface area contributed by atoms with Gasteiger partial charge in [0.2, 0.25) is 17.0 Å². The van der Waals surface area contributed by atoms with E-state index in [0.29, 0.717) is 21.5 Å². The second kappa shape index (κ2) is 39.9. The number of aliphatic hydroxyl groups excluding tert-OH is 3. The van der Waals surface area contributed by atoms with Crippen molar-refractivity contribution in [2.24, 2.45) is 28.5 Å². The van der Waals surface area contributed by atoms with Gasteiger partial charge in [-0.3, -0.25) is 37.1 Å². The predicted molar refractivity (Wildman–Crippen MR) is 403 cm³/mol. The topological polar surface area (TPSA) is 437 Å². The quantitative estimate of drug-likeness (QED) is 0.00983. The second-order valence-corrected chi connectivity index (χ2v) is 34.6. The number of ether oxygens (including phenoxy) is 6. The fraction of sp³-hybridized carbons (Fsp3) is 0.534. The third-order valence-corrected chi connectivity index (χ3v) is 24.3. The van der Waals surface area contributed by atoms with Crippen LogP contribution in [-0.4, -0.2) is 198 Å². The van der Waals surface area contributed by atoms with Crippen LogP contribution in [0.4, 0.5) is 51.1 Å². The highest BCUT2D eigenvalue weighted by Gasteiger charge is 2.64. The third kappa shape index (κ3) is 23.4. The summed E-state index contributed by atoms with van der Waals surface area (Å²) in [4.78, 5) is 72.6. The van der Waals surface area contributed by atoms with Crippen LogP contribution in [0, 0.1) is 29.4 Å². The van der Waals surface area contributed by atoms with Crippen molar-refractivity contribution in [2.45, 2.75) is 192 Å². The largest absolute Gasteiger partial charge is 0.463 e. The number of carbonyl (C=O) groups is 3. The van der Waals surface area contributed by atoms with E-state index < -0.39 is 252 Å². The number of aliphatic imine (C=N–C) groups is 1. The van der Waals surface area contributed by atoms with Gasteiger partial charge in [0.05, 0.1) is 85.3 Å². The van der Waals surface area contributed by atoms with Gasteiger partial charge in [-0.25, -0.2) is 67.8 Å². The van der Waals surface area contributed by atoms with Gasteiger partial charge in [0.15, 0.2) is 53.6 Å². The van der Waals surface area contributed by atoms with Crippen molar-refractivity contribution in [3.8, 4) is 17.2 Å². The molecule has 4 unspecified atom stereocenters. The van der Waals surface area contributed by atoms with E-state index in [1.165, 1.54) is 77.9 Å². The monoisotopic (exact) mass is 1730 g/mol. The molecule has 0 amide bonds. The maximum atomic E-state index is 15.8. The lowest BCUT2D eigenvalue weighted by Crippen LogP contribution is -2.53. The van der Waals surface area contributed by atoms with Crippen LogP contribution in [0.1, 0.15) is 95.5 Å². The number of nitrogen functional groups attached to an aromatic ring is 2. The number of aromatic nitrogens is 4. The number of nitrogens with zero attached hydrogens (tertiary/aromatic N) is 6. The number of hydrogen-bond acceptors (Lipinski definition) is 30. The first kappa shape index (κ1) is 95.4. The average molecular weight is 1730 g/mol. The molecule has 2 aromatic heterocycles. The van der Waals surface area contributed by atoms with Gasteiger partial charge in [0.1, 0.15) is 79.7 Å². The molecule has 21 atom stereocenters. The number of hydrogen-bond donors (Lipinski definition) is 6. The van der Waals surface area contributed by atoms with E-state index in [9.17, 15) is 79.3 Å². The summed E-state index contributed by atoms with van der Waals surface area (Å²) in [5.41, 5.74) is 3.85. The Balaban J connectivity index is 0.000000242. The lowest BCUT2D eigenvalue weighted by Gasteiger charge is -2.34. The summed E-state index contributed by atoms with van der Waals surface area (Å²) in [5.74, 6) is -10.2. The van der Waals surface area contributed by atoms with Crippen LogP contribution in [-0.2, 0) is 70.1 Å². The van der Waals surface area contributed by atoms with E-state index in [0.717, 1.165) is 11.1 Å². The van der Waals surface area contributed by atoms with Gasteiger partial charge >= 0.3 is 52.1 Å². The summed E-state index contributed by atoms with van der Waals surface area (Å²) < 4.78 is 240. The standard InChI is InChI=1S/C25H33F3N3O7P.2C24H31F3N3O8P/c1-14(2)35-23(33)15(3)12-39(34,38-18-9-7-6-8-10-18)37-16(4)20-21(32)25(28,13-26)24(36-20)31-11-19(27)22(29)30-17(31)5;2*1-13(2)35-21(32)14(3)11-39(34,38-16-8-6-5-7-9-16)37-15(4)18-19(31)24(27,12-25)22(36-18)30-10-17(26)20(28)29-23(30)33/h6-11,14-16,20-21,24,32H,5,12-13H2,1-4H3,(H2,29,30);2*5-10,13-15,18-19,22,31H,11-12H2,1-4H3,(H2,28,29,33)/t15-,16-,20-,21+,24-,25?,39-;14-,15-,18-,19+,22-,24?,39?;14-,15-,18-,19+,22-,24?,39+/m111/s1. The lowest BCUT2D eigenvalue weighted by molar-refractivity contribution is -0.152. The van der Waals surface area contributed by atoms with Crippen LogP contribution >= 0.6 is 22.8 Å². The highest BCUT2D eigenvalue weighted by Crippen LogP contribution is 2.57. The molecular formula is C73H95F9N9O23P3. The van der Waals surface area contributed by atoms with E-state index in [4.69, 9.17) is 72.8 Å². The third-order valence-electron chi connectivity index (χ3n) is 17.9. The molecule has 0 bridgehead atoms.